The van der Waals surface area contributed by atoms with Crippen LogP contribution in [0.3, 0.4) is 0 Å². The Bertz CT molecular complexity index is 1670. The van der Waals surface area contributed by atoms with Crippen LogP contribution in [0.2, 0.25) is 0 Å². The molecular weight excluding hydrogens is 482 g/mol. The average molecular weight is 512 g/mol. The molecule has 0 bridgehead atoms. The summed E-state index contributed by atoms with van der Waals surface area (Å²) in [6, 6.07) is 37.5. The Morgan fingerprint density at radius 3 is 2.15 bits per heavy atom. The lowest BCUT2D eigenvalue weighted by Crippen LogP contribution is -2.63. The lowest BCUT2D eigenvalue weighted by molar-refractivity contribution is -0.143. The quantitative estimate of drug-likeness (QED) is 0.206. The molecule has 0 unspecified atom stereocenters. The van der Waals surface area contributed by atoms with E-state index in [0.29, 0.717) is 11.3 Å². The molecule has 4 nitrogen and oxygen atoms in total. The van der Waals surface area contributed by atoms with Crippen LogP contribution >= 0.6 is 0 Å². The first-order chi connectivity index (χ1) is 18.9. The molecule has 1 aliphatic rings. The molecule has 6 rings (SSSR count). The number of fused-ring (bicyclic) bond motifs is 3. The number of ether oxygens (including phenoxy) is 1. The molecule has 1 amide bonds. The van der Waals surface area contributed by atoms with E-state index in [9.17, 15) is 9.59 Å². The maximum absolute atomic E-state index is 14.4. The second-order valence-electron chi connectivity index (χ2n) is 10.4. The topological polar surface area (TPSA) is 55.4 Å². The van der Waals surface area contributed by atoms with Gasteiger partial charge in [0, 0.05) is 28.9 Å². The van der Waals surface area contributed by atoms with Gasteiger partial charge in [0.15, 0.2) is 5.54 Å². The average Bonchev–Trinajstić information content (AvgIpc) is 2.94. The molecule has 2 atom stereocenters. The van der Waals surface area contributed by atoms with Crippen LogP contribution < -0.4 is 10.1 Å². The van der Waals surface area contributed by atoms with Gasteiger partial charge in [-0.2, -0.15) is 0 Å². The number of hydrogen-bond acceptors (Lipinski definition) is 3. The van der Waals surface area contributed by atoms with Gasteiger partial charge in [-0.15, -0.1) is 0 Å². The van der Waals surface area contributed by atoms with E-state index in [1.807, 2.05) is 123 Å². The van der Waals surface area contributed by atoms with E-state index >= 15 is 0 Å². The minimum absolute atomic E-state index is 0.273. The summed E-state index contributed by atoms with van der Waals surface area (Å²) in [4.78, 5) is 28.3. The summed E-state index contributed by atoms with van der Waals surface area (Å²) in [6.45, 7) is 3.93. The van der Waals surface area contributed by atoms with Gasteiger partial charge in [0.25, 0.3) is 5.91 Å². The number of benzene rings is 5. The van der Waals surface area contributed by atoms with Crippen LogP contribution in [-0.4, -0.2) is 17.4 Å². The van der Waals surface area contributed by atoms with Crippen molar-refractivity contribution in [1.82, 2.24) is 5.32 Å². The third-order valence-corrected chi connectivity index (χ3v) is 7.55. The van der Waals surface area contributed by atoms with Crippen LogP contribution in [0.25, 0.3) is 10.8 Å². The summed E-state index contributed by atoms with van der Waals surface area (Å²) in [5, 5.41) is 5.09. The first-order valence-corrected chi connectivity index (χ1v) is 13.2. The van der Waals surface area contributed by atoms with Crippen LogP contribution in [0.5, 0.6) is 5.75 Å². The molecule has 0 fully saturated rings. The fourth-order valence-electron chi connectivity index (χ4n) is 5.92. The monoisotopic (exact) mass is 511 g/mol. The molecule has 0 aliphatic carbocycles. The van der Waals surface area contributed by atoms with E-state index in [1.165, 1.54) is 0 Å². The smallest absolute Gasteiger partial charge is 0.338 e. The van der Waals surface area contributed by atoms with Crippen LogP contribution in [-0.2, 0) is 11.2 Å². The Hall–Kier alpha value is -4.70. The molecule has 5 aromatic carbocycles. The lowest BCUT2D eigenvalue weighted by Gasteiger charge is -2.44. The van der Waals surface area contributed by atoms with Gasteiger partial charge in [-0.05, 0) is 42.5 Å². The van der Waals surface area contributed by atoms with Gasteiger partial charge in [0.2, 0.25) is 0 Å². The molecular formula is C35H29NO3. The van der Waals surface area contributed by atoms with E-state index in [-0.39, 0.29) is 12.3 Å². The Morgan fingerprint density at radius 2 is 1.44 bits per heavy atom. The Labute approximate surface area is 228 Å². The van der Waals surface area contributed by atoms with E-state index in [2.05, 4.69) is 11.4 Å². The van der Waals surface area contributed by atoms with Gasteiger partial charge in [-0.3, -0.25) is 4.79 Å². The molecule has 0 aromatic heterocycles. The zero-order valence-electron chi connectivity index (χ0n) is 22.0. The van der Waals surface area contributed by atoms with Crippen molar-refractivity contribution in [2.24, 2.45) is 0 Å². The zero-order chi connectivity index (χ0) is 27.0. The fourth-order valence-corrected chi connectivity index (χ4v) is 5.92. The Morgan fingerprint density at radius 1 is 0.795 bits per heavy atom. The Balaban J connectivity index is 1.59. The molecule has 1 aliphatic heterocycles. The molecule has 4 heteroatoms. The van der Waals surface area contributed by atoms with E-state index in [0.717, 1.165) is 38.6 Å². The summed E-state index contributed by atoms with van der Waals surface area (Å²) >= 11 is 0. The highest BCUT2D eigenvalue weighted by Crippen LogP contribution is 2.48. The van der Waals surface area contributed by atoms with Crippen molar-refractivity contribution in [1.29, 1.82) is 0 Å². The molecule has 0 radical (unpaired) electrons. The predicted molar refractivity (Wildman–Crippen MR) is 154 cm³/mol. The van der Waals surface area contributed by atoms with Crippen LogP contribution in [0, 0.1) is 13.8 Å². The second kappa shape index (κ2) is 9.88. The first-order valence-electron chi connectivity index (χ1n) is 13.2. The van der Waals surface area contributed by atoms with Crippen molar-refractivity contribution in [3.63, 3.8) is 0 Å². The lowest BCUT2D eigenvalue weighted by atomic mass is 9.69. The molecule has 1 heterocycles. The maximum Gasteiger partial charge on any atom is 0.338 e. The van der Waals surface area contributed by atoms with Crippen LogP contribution in [0.1, 0.15) is 44.1 Å². The summed E-state index contributed by atoms with van der Waals surface area (Å²) in [7, 11) is 0. The van der Waals surface area contributed by atoms with Crippen molar-refractivity contribution in [3.8, 4) is 5.75 Å². The third kappa shape index (κ3) is 4.48. The number of carbonyl (C=O) groups excluding carboxylic acids is 2. The van der Waals surface area contributed by atoms with E-state index in [4.69, 9.17) is 4.74 Å². The normalized spacial score (nSPS) is 18.3. The number of amides is 1. The third-order valence-electron chi connectivity index (χ3n) is 7.55. The van der Waals surface area contributed by atoms with Crippen LogP contribution in [0.15, 0.2) is 115 Å². The molecule has 5 aromatic rings. The highest BCUT2D eigenvalue weighted by atomic mass is 16.5. The minimum Gasteiger partial charge on any atom is -0.424 e. The maximum atomic E-state index is 14.4. The number of aryl methyl sites for hydroxylation is 2. The van der Waals surface area contributed by atoms with Gasteiger partial charge < -0.3 is 10.1 Å². The number of nitrogens with one attached hydrogen (secondary N) is 1. The SMILES string of the molecule is Cc1cc(C)cc(C(=O)N[C@]2(Cc3ccccc3)C(=O)Oc3c(ccc4ccccc34)[C@@H]2c2ccccc2)c1. The van der Waals surface area contributed by atoms with Crippen molar-refractivity contribution in [2.75, 3.05) is 0 Å². The minimum atomic E-state index is -1.38. The fraction of sp³-hybridized carbons (Fsp3) is 0.143. The van der Waals surface area contributed by atoms with Gasteiger partial charge in [-0.1, -0.05) is 114 Å². The summed E-state index contributed by atoms with van der Waals surface area (Å²) in [5.41, 5.74) is 3.84. The molecule has 1 N–H and O–H groups in total. The van der Waals surface area contributed by atoms with E-state index < -0.39 is 17.4 Å². The standard InChI is InChI=1S/C35H29NO3/c1-23-19-24(2)21-28(20-23)33(37)36-35(22-25-11-5-3-6-12-25)31(27-14-7-4-8-15-27)30-18-17-26-13-9-10-16-29(26)32(30)39-34(35)38/h3-21,31H,22H2,1-2H3,(H,36,37)/t31-,35-/m0/s1. The largest absolute Gasteiger partial charge is 0.424 e. The first kappa shape index (κ1) is 24.6. The number of esters is 1. The predicted octanol–water partition coefficient (Wildman–Crippen LogP) is 6.92. The van der Waals surface area contributed by atoms with Gasteiger partial charge in [0.05, 0.1) is 0 Å². The number of carbonyl (C=O) groups is 2. The molecule has 0 saturated heterocycles. The van der Waals surface area contributed by atoms with Crippen molar-refractivity contribution < 1.29 is 14.3 Å². The highest BCUT2D eigenvalue weighted by molar-refractivity contribution is 6.02. The molecule has 192 valence electrons. The van der Waals surface area contributed by atoms with E-state index in [1.54, 1.807) is 0 Å². The van der Waals surface area contributed by atoms with Gasteiger partial charge >= 0.3 is 5.97 Å². The second-order valence-corrected chi connectivity index (χ2v) is 10.4. The zero-order valence-corrected chi connectivity index (χ0v) is 22.0. The summed E-state index contributed by atoms with van der Waals surface area (Å²) in [5.74, 6) is -0.701. The van der Waals surface area contributed by atoms with Crippen LogP contribution in [0.4, 0.5) is 0 Å². The van der Waals surface area contributed by atoms with Crippen molar-refractivity contribution in [3.05, 3.63) is 149 Å². The van der Waals surface area contributed by atoms with Crippen molar-refractivity contribution >= 4 is 22.6 Å². The highest BCUT2D eigenvalue weighted by Gasteiger charge is 2.54. The van der Waals surface area contributed by atoms with Gasteiger partial charge in [0.1, 0.15) is 5.75 Å². The van der Waals surface area contributed by atoms with Crippen molar-refractivity contribution in [2.45, 2.75) is 31.7 Å². The summed E-state index contributed by atoms with van der Waals surface area (Å²) < 4.78 is 6.22. The summed E-state index contributed by atoms with van der Waals surface area (Å²) in [6.07, 6.45) is 0.273. The Kier molecular flexibility index (Phi) is 6.24. The number of hydrogen-bond donors (Lipinski definition) is 1. The number of rotatable bonds is 5. The molecule has 0 saturated carbocycles. The van der Waals surface area contributed by atoms with Gasteiger partial charge in [-0.25, -0.2) is 4.79 Å². The molecule has 0 spiro atoms. The molecule has 39 heavy (non-hydrogen) atoms.